The Balaban J connectivity index is 2.64. The minimum absolute atomic E-state index is 0.01000. The van der Waals surface area contributed by atoms with Gasteiger partial charge in [-0.2, -0.15) is 0 Å². The van der Waals surface area contributed by atoms with Crippen molar-refractivity contribution in [3.63, 3.8) is 0 Å². The van der Waals surface area contributed by atoms with E-state index in [1.807, 2.05) is 6.92 Å². The Morgan fingerprint density at radius 3 is 2.88 bits per heavy atom. The molecule has 0 radical (unpaired) electrons. The minimum atomic E-state index is -0.320. The second-order valence-electron chi connectivity index (χ2n) is 3.83. The Morgan fingerprint density at radius 1 is 1.56 bits per heavy atom. The number of nitrogens with zero attached hydrogens (tertiary/aromatic N) is 1. The van der Waals surface area contributed by atoms with Gasteiger partial charge in [0, 0.05) is 12.2 Å². The predicted molar refractivity (Wildman–Crippen MR) is 63.3 cm³/mol. The third-order valence-electron chi connectivity index (χ3n) is 2.46. The molecule has 2 unspecified atom stereocenters. The number of hydrogen-bond donors (Lipinski definition) is 1. The Hall–Kier alpha value is -1.40. The number of hydrogen-bond acceptors (Lipinski definition) is 2. The van der Waals surface area contributed by atoms with Gasteiger partial charge in [-0.15, -0.1) is 6.42 Å². The van der Waals surface area contributed by atoms with Gasteiger partial charge in [0.05, 0.1) is 12.2 Å². The quantitative estimate of drug-likeness (QED) is 0.772. The maximum absolute atomic E-state index is 13.0. The zero-order valence-electron chi connectivity index (χ0n) is 9.70. The molecule has 1 aromatic heterocycles. The van der Waals surface area contributed by atoms with Crippen molar-refractivity contribution in [1.29, 1.82) is 0 Å². The molecular weight excluding hydrogens is 203 g/mol. The van der Waals surface area contributed by atoms with Gasteiger partial charge in [0.1, 0.15) is 5.82 Å². The van der Waals surface area contributed by atoms with Crippen molar-refractivity contribution in [3.8, 4) is 12.3 Å². The standard InChI is InChI=1S/C13H17FN2/c1-4-6-13(5-2)16-10(3)11-7-12(14)9-15-8-11/h2,7-10,13,16H,4,6H2,1,3H3. The molecule has 0 bridgehead atoms. The van der Waals surface area contributed by atoms with Crippen LogP contribution in [0.15, 0.2) is 18.5 Å². The summed E-state index contributed by atoms with van der Waals surface area (Å²) in [5, 5.41) is 3.27. The van der Waals surface area contributed by atoms with E-state index >= 15 is 0 Å². The summed E-state index contributed by atoms with van der Waals surface area (Å²) in [5.41, 5.74) is 0.816. The van der Waals surface area contributed by atoms with E-state index < -0.39 is 0 Å². The van der Waals surface area contributed by atoms with Gasteiger partial charge in [-0.1, -0.05) is 19.3 Å². The van der Waals surface area contributed by atoms with Crippen LogP contribution in [0.1, 0.15) is 38.3 Å². The Bertz CT molecular complexity index is 370. The number of terminal acetylenes is 1. The fraction of sp³-hybridized carbons (Fsp3) is 0.462. The third-order valence-corrected chi connectivity index (χ3v) is 2.46. The molecule has 0 aliphatic carbocycles. The highest BCUT2D eigenvalue weighted by atomic mass is 19.1. The molecule has 0 amide bonds. The van der Waals surface area contributed by atoms with Gasteiger partial charge >= 0.3 is 0 Å². The highest BCUT2D eigenvalue weighted by Crippen LogP contribution is 2.13. The maximum Gasteiger partial charge on any atom is 0.141 e. The smallest absolute Gasteiger partial charge is 0.141 e. The molecule has 1 N–H and O–H groups in total. The third kappa shape index (κ3) is 3.63. The van der Waals surface area contributed by atoms with E-state index in [1.54, 1.807) is 6.20 Å². The number of halogens is 1. The van der Waals surface area contributed by atoms with Crippen LogP contribution >= 0.6 is 0 Å². The van der Waals surface area contributed by atoms with Crippen LogP contribution in [0, 0.1) is 18.2 Å². The number of nitrogens with one attached hydrogen (secondary N) is 1. The molecule has 2 nitrogen and oxygen atoms in total. The van der Waals surface area contributed by atoms with Crippen LogP contribution in [0.3, 0.4) is 0 Å². The zero-order valence-corrected chi connectivity index (χ0v) is 9.70. The lowest BCUT2D eigenvalue weighted by molar-refractivity contribution is 0.491. The van der Waals surface area contributed by atoms with E-state index in [1.165, 1.54) is 12.3 Å². The fourth-order valence-corrected chi connectivity index (χ4v) is 1.57. The largest absolute Gasteiger partial charge is 0.297 e. The van der Waals surface area contributed by atoms with Gasteiger partial charge in [-0.25, -0.2) is 4.39 Å². The number of rotatable bonds is 5. The highest BCUT2D eigenvalue weighted by molar-refractivity contribution is 5.15. The van der Waals surface area contributed by atoms with Crippen LogP contribution in [0.2, 0.25) is 0 Å². The van der Waals surface area contributed by atoms with E-state index in [-0.39, 0.29) is 17.9 Å². The molecule has 1 aromatic rings. The van der Waals surface area contributed by atoms with Crippen molar-refractivity contribution >= 4 is 0 Å². The second-order valence-corrected chi connectivity index (χ2v) is 3.83. The van der Waals surface area contributed by atoms with Crippen molar-refractivity contribution in [2.45, 2.75) is 38.8 Å². The summed E-state index contributed by atoms with van der Waals surface area (Å²) in [4.78, 5) is 3.82. The molecule has 0 aliphatic heterocycles. The van der Waals surface area contributed by atoms with E-state index in [0.717, 1.165) is 18.4 Å². The molecule has 86 valence electrons. The molecular formula is C13H17FN2. The molecule has 1 heterocycles. The first-order chi connectivity index (χ1) is 7.67. The van der Waals surface area contributed by atoms with Crippen LogP contribution in [-0.2, 0) is 0 Å². The van der Waals surface area contributed by atoms with Gasteiger partial charge in [0.15, 0.2) is 0 Å². The second kappa shape index (κ2) is 6.24. The molecule has 0 aliphatic rings. The summed E-state index contributed by atoms with van der Waals surface area (Å²) in [7, 11) is 0. The van der Waals surface area contributed by atoms with Gasteiger partial charge < -0.3 is 0 Å². The normalized spacial score (nSPS) is 14.1. The first kappa shape index (κ1) is 12.7. The Kier molecular flexibility index (Phi) is 4.94. The molecule has 1 rings (SSSR count). The van der Waals surface area contributed by atoms with Gasteiger partial charge in [-0.3, -0.25) is 10.3 Å². The number of pyridine rings is 1. The topological polar surface area (TPSA) is 24.9 Å². The summed E-state index contributed by atoms with van der Waals surface area (Å²) in [6.07, 6.45) is 10.2. The molecule has 0 spiro atoms. The van der Waals surface area contributed by atoms with Crippen LogP contribution in [0.5, 0.6) is 0 Å². The highest BCUT2D eigenvalue weighted by Gasteiger charge is 2.11. The number of aromatic nitrogens is 1. The van der Waals surface area contributed by atoms with Gasteiger partial charge in [0.2, 0.25) is 0 Å². The van der Waals surface area contributed by atoms with E-state index in [4.69, 9.17) is 6.42 Å². The van der Waals surface area contributed by atoms with E-state index in [2.05, 4.69) is 23.1 Å². The van der Waals surface area contributed by atoms with E-state index in [0.29, 0.717) is 0 Å². The van der Waals surface area contributed by atoms with Crippen molar-refractivity contribution in [2.75, 3.05) is 0 Å². The predicted octanol–water partition coefficient (Wildman–Crippen LogP) is 2.67. The molecule has 0 fully saturated rings. The fourth-order valence-electron chi connectivity index (χ4n) is 1.57. The van der Waals surface area contributed by atoms with E-state index in [9.17, 15) is 4.39 Å². The van der Waals surface area contributed by atoms with Crippen molar-refractivity contribution in [1.82, 2.24) is 10.3 Å². The lowest BCUT2D eigenvalue weighted by Crippen LogP contribution is -2.30. The van der Waals surface area contributed by atoms with Crippen molar-refractivity contribution < 1.29 is 4.39 Å². The lowest BCUT2D eigenvalue weighted by Gasteiger charge is -2.18. The Morgan fingerprint density at radius 2 is 2.31 bits per heavy atom. The van der Waals surface area contributed by atoms with Crippen molar-refractivity contribution in [3.05, 3.63) is 29.8 Å². The summed E-state index contributed by atoms with van der Waals surface area (Å²) in [6.45, 7) is 4.04. The van der Waals surface area contributed by atoms with Crippen LogP contribution in [0.25, 0.3) is 0 Å². The first-order valence-corrected chi connectivity index (χ1v) is 5.50. The van der Waals surface area contributed by atoms with Crippen LogP contribution < -0.4 is 5.32 Å². The molecule has 3 heteroatoms. The molecule has 0 aromatic carbocycles. The zero-order chi connectivity index (χ0) is 12.0. The Labute approximate surface area is 96.3 Å². The summed E-state index contributed by atoms with van der Waals surface area (Å²) >= 11 is 0. The lowest BCUT2D eigenvalue weighted by atomic mass is 10.1. The van der Waals surface area contributed by atoms with Gasteiger partial charge in [-0.05, 0) is 25.0 Å². The summed E-state index contributed by atoms with van der Waals surface area (Å²) in [5.74, 6) is 2.37. The van der Waals surface area contributed by atoms with Gasteiger partial charge in [0.25, 0.3) is 0 Å². The maximum atomic E-state index is 13.0. The molecule has 2 atom stereocenters. The minimum Gasteiger partial charge on any atom is -0.297 e. The molecule has 0 saturated carbocycles. The monoisotopic (exact) mass is 220 g/mol. The van der Waals surface area contributed by atoms with Crippen LogP contribution in [0.4, 0.5) is 4.39 Å². The average Bonchev–Trinajstić information content (AvgIpc) is 2.28. The van der Waals surface area contributed by atoms with Crippen molar-refractivity contribution in [2.24, 2.45) is 0 Å². The summed E-state index contributed by atoms with van der Waals surface area (Å²) < 4.78 is 13.0. The first-order valence-electron chi connectivity index (χ1n) is 5.50. The SMILES string of the molecule is C#CC(CCC)NC(C)c1cncc(F)c1. The molecule has 16 heavy (non-hydrogen) atoms. The molecule has 0 saturated heterocycles. The van der Waals surface area contributed by atoms with Crippen LogP contribution in [-0.4, -0.2) is 11.0 Å². The average molecular weight is 220 g/mol. The summed E-state index contributed by atoms with van der Waals surface area (Å²) in [6, 6.07) is 1.52.